The molecule has 9 heteroatoms. The number of hydrogen-bond donors (Lipinski definition) is 0. The first-order valence-electron chi connectivity index (χ1n) is 13.2. The molecule has 2 aromatic carbocycles. The number of sulfone groups is 1. The van der Waals surface area contributed by atoms with Crippen LogP contribution in [0.3, 0.4) is 0 Å². The van der Waals surface area contributed by atoms with Crippen molar-refractivity contribution >= 4 is 27.8 Å². The summed E-state index contributed by atoms with van der Waals surface area (Å²) in [6.45, 7) is 6.37. The minimum Gasteiger partial charge on any atom is -0.494 e. The smallest absolute Gasteiger partial charge is 0.209 e. The fourth-order valence-corrected chi connectivity index (χ4v) is 6.42. The van der Waals surface area contributed by atoms with E-state index in [1.807, 2.05) is 61.0 Å². The number of nitrogens with zero attached hydrogens (tertiary/aromatic N) is 2. The van der Waals surface area contributed by atoms with Crippen molar-refractivity contribution in [2.24, 2.45) is 0 Å². The Balaban J connectivity index is 0.00000441. The van der Waals surface area contributed by atoms with Gasteiger partial charge in [0.1, 0.15) is 10.6 Å². The second kappa shape index (κ2) is 13.9. The highest BCUT2D eigenvalue weighted by atomic mass is 35.5. The molecule has 0 unspecified atom stereocenters. The Kier molecular flexibility index (Phi) is 10.9. The molecule has 2 heterocycles. The zero-order chi connectivity index (χ0) is 28.0. The molecule has 0 amide bonds. The number of fused-ring (bicyclic) bond motifs is 1. The number of pyridine rings is 1. The van der Waals surface area contributed by atoms with Gasteiger partial charge >= 0.3 is 0 Å². The van der Waals surface area contributed by atoms with Crippen LogP contribution in [0.2, 0.25) is 0 Å². The average molecular weight is 587 g/mol. The summed E-state index contributed by atoms with van der Waals surface area (Å²) in [7, 11) is 1.69. The van der Waals surface area contributed by atoms with Crippen LogP contribution in [-0.4, -0.2) is 58.7 Å². The predicted octanol–water partition coefficient (Wildman–Crippen LogP) is 6.28. The van der Waals surface area contributed by atoms with E-state index in [1.54, 1.807) is 38.5 Å². The molecule has 0 radical (unpaired) electrons. The van der Waals surface area contributed by atoms with Crippen LogP contribution in [0.15, 0.2) is 82.8 Å². The third-order valence-electron chi connectivity index (χ3n) is 6.87. The molecule has 4 aromatic rings. The summed E-state index contributed by atoms with van der Waals surface area (Å²) in [6, 6.07) is 18.4. The van der Waals surface area contributed by atoms with E-state index < -0.39 is 9.84 Å². The van der Waals surface area contributed by atoms with Crippen LogP contribution in [0.1, 0.15) is 37.3 Å². The molecule has 216 valence electrons. The summed E-state index contributed by atoms with van der Waals surface area (Å²) in [5, 5.41) is 0. The van der Waals surface area contributed by atoms with Gasteiger partial charge in [0, 0.05) is 25.5 Å². The van der Waals surface area contributed by atoms with Gasteiger partial charge in [-0.15, -0.1) is 12.4 Å². The molecule has 0 saturated carbocycles. The van der Waals surface area contributed by atoms with Crippen molar-refractivity contribution in [3.8, 4) is 17.2 Å². The predicted molar refractivity (Wildman–Crippen MR) is 161 cm³/mol. The van der Waals surface area contributed by atoms with Gasteiger partial charge in [-0.05, 0) is 85.5 Å². The van der Waals surface area contributed by atoms with E-state index in [1.165, 1.54) is 5.56 Å². The van der Waals surface area contributed by atoms with Gasteiger partial charge in [0.25, 0.3) is 0 Å². The van der Waals surface area contributed by atoms with Crippen molar-refractivity contribution in [1.82, 2.24) is 9.30 Å². The van der Waals surface area contributed by atoms with Gasteiger partial charge in [-0.25, -0.2) is 8.42 Å². The number of ether oxygens (including phenoxy) is 3. The Labute approximate surface area is 244 Å². The standard InChI is InChI=1S/C31H38N2O5S.ClH/c1-23(2)27-22-33-18-7-6-9-28(33)31(27)39(34,35)26-13-11-25(12-14-26)38-20-8-17-32(3)19-16-24-10-15-29(36-4)30(21-24)37-5;/h6-7,9-15,18,21-23H,8,16-17,19-20H2,1-5H3;1H. The number of methoxy groups -OCH3 is 2. The molecule has 0 spiro atoms. The molecule has 2 aromatic heterocycles. The van der Waals surface area contributed by atoms with Gasteiger partial charge in [0.05, 0.1) is 31.2 Å². The van der Waals surface area contributed by atoms with Crippen LogP contribution in [0.5, 0.6) is 17.2 Å². The zero-order valence-corrected chi connectivity index (χ0v) is 25.4. The van der Waals surface area contributed by atoms with Crippen LogP contribution < -0.4 is 14.2 Å². The molecular weight excluding hydrogens is 548 g/mol. The second-order valence-corrected chi connectivity index (χ2v) is 11.9. The number of aromatic nitrogens is 1. The van der Waals surface area contributed by atoms with Crippen molar-refractivity contribution in [2.75, 3.05) is 41.0 Å². The summed E-state index contributed by atoms with van der Waals surface area (Å²) in [4.78, 5) is 2.91. The first-order valence-corrected chi connectivity index (χ1v) is 14.7. The van der Waals surface area contributed by atoms with Crippen molar-refractivity contribution in [3.63, 3.8) is 0 Å². The van der Waals surface area contributed by atoms with E-state index in [9.17, 15) is 8.42 Å². The lowest BCUT2D eigenvalue weighted by Gasteiger charge is -2.17. The second-order valence-electron chi connectivity index (χ2n) is 9.98. The van der Waals surface area contributed by atoms with Crippen molar-refractivity contribution < 1.29 is 22.6 Å². The lowest BCUT2D eigenvalue weighted by atomic mass is 10.1. The van der Waals surface area contributed by atoms with E-state index in [4.69, 9.17) is 14.2 Å². The molecule has 0 N–H and O–H groups in total. The third kappa shape index (κ3) is 7.11. The summed E-state index contributed by atoms with van der Waals surface area (Å²) in [5.74, 6) is 2.21. The SMILES string of the molecule is COc1ccc(CCN(C)CCCOc2ccc(S(=O)(=O)c3c(C(C)C)cn4ccccc34)cc2)cc1OC.Cl. The fraction of sp³-hybridized carbons (Fsp3) is 0.355. The molecule has 0 bridgehead atoms. The normalized spacial score (nSPS) is 11.6. The average Bonchev–Trinajstić information content (AvgIpc) is 3.35. The van der Waals surface area contributed by atoms with Crippen LogP contribution in [0.4, 0.5) is 0 Å². The summed E-state index contributed by atoms with van der Waals surface area (Å²) < 4.78 is 45.8. The van der Waals surface area contributed by atoms with Crippen LogP contribution in [0, 0.1) is 0 Å². The van der Waals surface area contributed by atoms with Crippen LogP contribution >= 0.6 is 12.4 Å². The summed E-state index contributed by atoms with van der Waals surface area (Å²) >= 11 is 0. The van der Waals surface area contributed by atoms with Gasteiger partial charge < -0.3 is 23.5 Å². The van der Waals surface area contributed by atoms with Gasteiger partial charge in [-0.1, -0.05) is 26.0 Å². The monoisotopic (exact) mass is 586 g/mol. The molecule has 4 rings (SSSR count). The minimum absolute atomic E-state index is 0. The highest BCUT2D eigenvalue weighted by molar-refractivity contribution is 7.91. The molecule has 7 nitrogen and oxygen atoms in total. The van der Waals surface area contributed by atoms with E-state index in [0.29, 0.717) is 22.8 Å². The minimum atomic E-state index is -3.69. The molecule has 40 heavy (non-hydrogen) atoms. The third-order valence-corrected chi connectivity index (χ3v) is 8.75. The lowest BCUT2D eigenvalue weighted by Crippen LogP contribution is -2.23. The van der Waals surface area contributed by atoms with Crippen molar-refractivity contribution in [2.45, 2.75) is 42.4 Å². The Morgan fingerprint density at radius 3 is 2.33 bits per heavy atom. The first-order chi connectivity index (χ1) is 18.7. The Bertz CT molecular complexity index is 1500. The van der Waals surface area contributed by atoms with Gasteiger partial charge in [-0.2, -0.15) is 0 Å². The number of rotatable bonds is 13. The molecule has 0 saturated heterocycles. The Morgan fingerprint density at radius 1 is 0.925 bits per heavy atom. The Morgan fingerprint density at radius 2 is 1.65 bits per heavy atom. The molecular formula is C31H39ClN2O5S. The maximum Gasteiger partial charge on any atom is 0.209 e. The van der Waals surface area contributed by atoms with Crippen molar-refractivity contribution in [3.05, 3.63) is 84.2 Å². The maximum absolute atomic E-state index is 13.6. The largest absolute Gasteiger partial charge is 0.494 e. The highest BCUT2D eigenvalue weighted by Crippen LogP contribution is 2.34. The molecule has 0 fully saturated rings. The lowest BCUT2D eigenvalue weighted by molar-refractivity contribution is 0.264. The molecule has 0 aliphatic carbocycles. The highest BCUT2D eigenvalue weighted by Gasteiger charge is 2.27. The number of halogens is 1. The van der Waals surface area contributed by atoms with E-state index >= 15 is 0 Å². The maximum atomic E-state index is 13.6. The topological polar surface area (TPSA) is 69.5 Å². The van der Waals surface area contributed by atoms with Gasteiger partial charge in [0.15, 0.2) is 11.5 Å². The van der Waals surface area contributed by atoms with Gasteiger partial charge in [0.2, 0.25) is 9.84 Å². The summed E-state index contributed by atoms with van der Waals surface area (Å²) in [6.07, 6.45) is 5.56. The number of benzene rings is 2. The molecule has 0 atom stereocenters. The van der Waals surface area contributed by atoms with Crippen molar-refractivity contribution in [1.29, 1.82) is 0 Å². The Hall–Kier alpha value is -3.20. The number of likely N-dealkylation sites (N-methyl/N-ethyl adjacent to an activating group) is 1. The fourth-order valence-electron chi connectivity index (χ4n) is 4.65. The van der Waals surface area contributed by atoms with E-state index in [2.05, 4.69) is 18.0 Å². The summed E-state index contributed by atoms with van der Waals surface area (Å²) in [5.41, 5.74) is 2.70. The molecule has 0 aliphatic heterocycles. The van der Waals surface area contributed by atoms with Crippen LogP contribution in [0.25, 0.3) is 5.52 Å². The van der Waals surface area contributed by atoms with Gasteiger partial charge in [-0.3, -0.25) is 0 Å². The van der Waals surface area contributed by atoms with Crippen LogP contribution in [-0.2, 0) is 16.3 Å². The zero-order valence-electron chi connectivity index (χ0n) is 23.8. The number of hydrogen-bond acceptors (Lipinski definition) is 6. The van der Waals surface area contributed by atoms with E-state index in [-0.39, 0.29) is 23.2 Å². The first kappa shape index (κ1) is 31.3. The quantitative estimate of drug-likeness (QED) is 0.172. The van der Waals surface area contributed by atoms with E-state index in [0.717, 1.165) is 43.0 Å². The molecule has 0 aliphatic rings.